The molecule has 136 valence electrons. The van der Waals surface area contributed by atoms with Crippen molar-refractivity contribution in [2.45, 2.75) is 0 Å². The summed E-state index contributed by atoms with van der Waals surface area (Å²) in [5.74, 6) is -0.000618. The Morgan fingerprint density at radius 2 is 1.81 bits per heavy atom. The Bertz CT molecular complexity index is 816. The van der Waals surface area contributed by atoms with Crippen LogP contribution in [-0.2, 0) is 4.79 Å². The Morgan fingerprint density at radius 3 is 2.50 bits per heavy atom. The summed E-state index contributed by atoms with van der Waals surface area (Å²) in [7, 11) is 1.50. The predicted octanol–water partition coefficient (Wildman–Crippen LogP) is 2.06. The molecule has 2 aromatic rings. The van der Waals surface area contributed by atoms with Gasteiger partial charge in [-0.25, -0.2) is 0 Å². The molecule has 2 aromatic carbocycles. The Balaban J connectivity index is 1.76. The van der Waals surface area contributed by atoms with E-state index in [0.29, 0.717) is 22.1 Å². The molecule has 7 nitrogen and oxygen atoms in total. The third kappa shape index (κ3) is 5.91. The fourth-order valence-electron chi connectivity index (χ4n) is 1.88. The molecule has 0 saturated carbocycles. The number of ether oxygens (including phenoxy) is 2. The van der Waals surface area contributed by atoms with E-state index >= 15 is 0 Å². The molecular weight excluding hydrogens is 378 g/mol. The summed E-state index contributed by atoms with van der Waals surface area (Å²) in [5.41, 5.74) is 5.08. The van der Waals surface area contributed by atoms with Crippen LogP contribution in [0, 0.1) is 0 Å². The van der Waals surface area contributed by atoms with E-state index in [1.807, 2.05) is 0 Å². The Morgan fingerprint density at radius 1 is 1.08 bits per heavy atom. The van der Waals surface area contributed by atoms with Gasteiger partial charge in [0.05, 0.1) is 7.11 Å². The normalized spacial score (nSPS) is 9.77. The molecular formula is C17H16ClN3O4S. The number of nitrogens with one attached hydrogen (secondary N) is 3. The number of halogens is 1. The van der Waals surface area contributed by atoms with Crippen LogP contribution in [0.2, 0.25) is 5.02 Å². The van der Waals surface area contributed by atoms with Crippen LogP contribution in [0.5, 0.6) is 11.5 Å². The lowest BCUT2D eigenvalue weighted by atomic mass is 10.2. The third-order valence-corrected chi connectivity index (χ3v) is 3.50. The highest BCUT2D eigenvalue weighted by molar-refractivity contribution is 7.80. The van der Waals surface area contributed by atoms with E-state index in [1.54, 1.807) is 42.5 Å². The van der Waals surface area contributed by atoms with Gasteiger partial charge in [0.25, 0.3) is 11.8 Å². The number of carbonyl (C=O) groups excluding carboxylic acids is 2. The Hall–Kier alpha value is -2.84. The van der Waals surface area contributed by atoms with E-state index < -0.39 is 11.8 Å². The predicted molar refractivity (Wildman–Crippen MR) is 101 cm³/mol. The van der Waals surface area contributed by atoms with Gasteiger partial charge in [0.2, 0.25) is 0 Å². The number of carbonyl (C=O) groups is 2. The van der Waals surface area contributed by atoms with Crippen molar-refractivity contribution in [3.8, 4) is 11.5 Å². The van der Waals surface area contributed by atoms with Crippen molar-refractivity contribution in [2.75, 3.05) is 13.7 Å². The molecule has 0 aliphatic heterocycles. The standard InChI is InChI=1S/C17H16ClN3O4S/c1-24-13-7-2-3-8-14(13)25-10-15(22)20-21-17(26)19-16(23)11-5-4-6-12(18)9-11/h2-9H,10H2,1H3,(H,20,22)(H2,19,21,23,26). The maximum Gasteiger partial charge on any atom is 0.276 e. The zero-order valence-corrected chi connectivity index (χ0v) is 15.3. The zero-order chi connectivity index (χ0) is 18.9. The summed E-state index contributed by atoms with van der Waals surface area (Å²) in [6.07, 6.45) is 0. The topological polar surface area (TPSA) is 88.7 Å². The molecule has 0 bridgehead atoms. The van der Waals surface area contributed by atoms with Gasteiger partial charge in [0.1, 0.15) is 0 Å². The highest BCUT2D eigenvalue weighted by Crippen LogP contribution is 2.25. The van der Waals surface area contributed by atoms with Gasteiger partial charge in [-0.1, -0.05) is 29.8 Å². The molecule has 0 atom stereocenters. The minimum Gasteiger partial charge on any atom is -0.493 e. The van der Waals surface area contributed by atoms with Crippen LogP contribution < -0.4 is 25.6 Å². The lowest BCUT2D eigenvalue weighted by molar-refractivity contribution is -0.123. The van der Waals surface area contributed by atoms with Crippen LogP contribution in [-0.4, -0.2) is 30.6 Å². The first-order valence-electron chi connectivity index (χ1n) is 7.41. The van der Waals surface area contributed by atoms with Gasteiger partial charge in [0.15, 0.2) is 23.2 Å². The molecule has 9 heteroatoms. The molecule has 0 saturated heterocycles. The largest absolute Gasteiger partial charge is 0.493 e. The number of thiocarbonyl (C=S) groups is 1. The molecule has 26 heavy (non-hydrogen) atoms. The second-order valence-electron chi connectivity index (χ2n) is 4.91. The van der Waals surface area contributed by atoms with Gasteiger partial charge >= 0.3 is 0 Å². The SMILES string of the molecule is COc1ccccc1OCC(=O)NNC(=S)NC(=O)c1cccc(Cl)c1. The molecule has 0 heterocycles. The van der Waals surface area contributed by atoms with Gasteiger partial charge in [-0.05, 0) is 42.5 Å². The number of benzene rings is 2. The number of amides is 2. The van der Waals surface area contributed by atoms with Crippen molar-refractivity contribution >= 4 is 40.7 Å². The van der Waals surface area contributed by atoms with E-state index in [1.165, 1.54) is 13.2 Å². The van der Waals surface area contributed by atoms with Crippen molar-refractivity contribution < 1.29 is 19.1 Å². The lowest BCUT2D eigenvalue weighted by Crippen LogP contribution is -2.49. The van der Waals surface area contributed by atoms with Crippen LogP contribution in [0.15, 0.2) is 48.5 Å². The molecule has 0 spiro atoms. The van der Waals surface area contributed by atoms with Crippen molar-refractivity contribution in [1.82, 2.24) is 16.2 Å². The maximum absolute atomic E-state index is 12.0. The van der Waals surface area contributed by atoms with Crippen LogP contribution in [0.4, 0.5) is 0 Å². The number of hydrazine groups is 1. The molecule has 2 rings (SSSR count). The van der Waals surface area contributed by atoms with E-state index in [-0.39, 0.29) is 11.7 Å². The van der Waals surface area contributed by atoms with Gasteiger partial charge in [0, 0.05) is 10.6 Å². The molecule has 2 amide bonds. The number of hydrogen-bond donors (Lipinski definition) is 3. The van der Waals surface area contributed by atoms with Crippen LogP contribution in [0.3, 0.4) is 0 Å². The maximum atomic E-state index is 12.0. The van der Waals surface area contributed by atoms with E-state index in [4.69, 9.17) is 33.3 Å². The molecule has 0 fully saturated rings. The minimum atomic E-state index is -0.490. The Kier molecular flexibility index (Phi) is 7.19. The number of para-hydroxylation sites is 2. The van der Waals surface area contributed by atoms with Crippen LogP contribution >= 0.6 is 23.8 Å². The van der Waals surface area contributed by atoms with Gasteiger partial charge in [-0.15, -0.1) is 0 Å². The fraction of sp³-hybridized carbons (Fsp3) is 0.118. The first-order valence-corrected chi connectivity index (χ1v) is 8.20. The Labute approximate surface area is 160 Å². The number of rotatable bonds is 5. The molecule has 0 unspecified atom stereocenters. The first kappa shape index (κ1) is 19.5. The molecule has 0 radical (unpaired) electrons. The zero-order valence-electron chi connectivity index (χ0n) is 13.7. The quantitative estimate of drug-likeness (QED) is 0.532. The van der Waals surface area contributed by atoms with E-state index in [0.717, 1.165) is 0 Å². The second kappa shape index (κ2) is 9.59. The fourth-order valence-corrected chi connectivity index (χ4v) is 2.21. The van der Waals surface area contributed by atoms with Crippen molar-refractivity contribution in [1.29, 1.82) is 0 Å². The van der Waals surface area contributed by atoms with Crippen molar-refractivity contribution in [3.05, 3.63) is 59.1 Å². The number of hydrogen-bond acceptors (Lipinski definition) is 5. The van der Waals surface area contributed by atoms with Crippen molar-refractivity contribution in [3.63, 3.8) is 0 Å². The van der Waals surface area contributed by atoms with Crippen LogP contribution in [0.1, 0.15) is 10.4 Å². The lowest BCUT2D eigenvalue weighted by Gasteiger charge is -2.12. The minimum absolute atomic E-state index is 0.0689. The summed E-state index contributed by atoms with van der Waals surface area (Å²) < 4.78 is 10.5. The summed E-state index contributed by atoms with van der Waals surface area (Å²) in [5, 5.41) is 2.78. The van der Waals surface area contributed by atoms with E-state index in [2.05, 4.69) is 16.2 Å². The van der Waals surface area contributed by atoms with Gasteiger partial charge < -0.3 is 9.47 Å². The molecule has 0 aliphatic rings. The van der Waals surface area contributed by atoms with Crippen molar-refractivity contribution in [2.24, 2.45) is 0 Å². The first-order chi connectivity index (χ1) is 12.5. The smallest absolute Gasteiger partial charge is 0.276 e. The highest BCUT2D eigenvalue weighted by atomic mass is 35.5. The summed E-state index contributed by atoms with van der Waals surface area (Å²) in [6, 6.07) is 13.3. The monoisotopic (exact) mass is 393 g/mol. The summed E-state index contributed by atoms with van der Waals surface area (Å²) in [4.78, 5) is 23.8. The average molecular weight is 394 g/mol. The summed E-state index contributed by atoms with van der Waals surface area (Å²) in [6.45, 7) is -0.266. The summed E-state index contributed by atoms with van der Waals surface area (Å²) >= 11 is 10.8. The number of methoxy groups -OCH3 is 1. The molecule has 3 N–H and O–H groups in total. The van der Waals surface area contributed by atoms with Crippen LogP contribution in [0.25, 0.3) is 0 Å². The highest BCUT2D eigenvalue weighted by Gasteiger charge is 2.10. The third-order valence-electron chi connectivity index (χ3n) is 3.06. The second-order valence-corrected chi connectivity index (χ2v) is 5.75. The molecule has 0 aromatic heterocycles. The van der Waals surface area contributed by atoms with Gasteiger partial charge in [-0.3, -0.25) is 25.8 Å². The molecule has 0 aliphatic carbocycles. The van der Waals surface area contributed by atoms with E-state index in [9.17, 15) is 9.59 Å². The average Bonchev–Trinajstić information content (AvgIpc) is 2.64. The van der Waals surface area contributed by atoms with Gasteiger partial charge in [-0.2, -0.15) is 0 Å².